The van der Waals surface area contributed by atoms with Crippen LogP contribution in [0.1, 0.15) is 48.9 Å². The van der Waals surface area contributed by atoms with E-state index in [1.165, 1.54) is 38.5 Å². The average Bonchev–Trinajstić information content (AvgIpc) is 2.47. The Morgan fingerprint density at radius 1 is 1.04 bits per heavy atom. The predicted molar refractivity (Wildman–Crippen MR) is 101 cm³/mol. The van der Waals surface area contributed by atoms with E-state index in [-0.39, 0.29) is 11.4 Å². The molecule has 0 radical (unpaired) electrons. The van der Waals surface area contributed by atoms with E-state index in [4.69, 9.17) is 35.4 Å². The molecule has 1 aromatic rings. The van der Waals surface area contributed by atoms with Crippen LogP contribution in [0.3, 0.4) is 0 Å². The summed E-state index contributed by atoms with van der Waals surface area (Å²) < 4.78 is 0. The molecule has 4 saturated carbocycles. The molecule has 2 N–H and O–H groups in total. The van der Waals surface area contributed by atoms with Crippen molar-refractivity contribution in [3.05, 3.63) is 33.8 Å². The molecule has 5 rings (SSSR count). The van der Waals surface area contributed by atoms with Crippen molar-refractivity contribution in [2.45, 2.75) is 44.1 Å². The van der Waals surface area contributed by atoms with E-state index in [1.807, 2.05) is 0 Å². The first-order valence-electron chi connectivity index (χ1n) is 8.51. The normalized spacial score (nSPS) is 33.3. The third kappa shape index (κ3) is 3.16. The third-order valence-corrected chi connectivity index (χ3v) is 6.77. The maximum Gasteiger partial charge on any atom is 0.257 e. The lowest BCUT2D eigenvalue weighted by Crippen LogP contribution is -2.61. The zero-order valence-electron chi connectivity index (χ0n) is 13.3. The first-order valence-corrected chi connectivity index (χ1v) is 9.67. The van der Waals surface area contributed by atoms with E-state index < -0.39 is 0 Å². The van der Waals surface area contributed by atoms with Crippen LogP contribution in [-0.4, -0.2) is 16.6 Å². The van der Waals surface area contributed by atoms with Gasteiger partial charge in [0.05, 0.1) is 10.0 Å². The Morgan fingerprint density at radius 2 is 1.62 bits per heavy atom. The molecule has 1 aromatic carbocycles. The zero-order valence-corrected chi connectivity index (χ0v) is 15.6. The number of amides is 1. The van der Waals surface area contributed by atoms with E-state index in [1.54, 1.807) is 18.2 Å². The molecule has 4 bridgehead atoms. The molecule has 0 aromatic heterocycles. The van der Waals surface area contributed by atoms with Crippen LogP contribution in [0.5, 0.6) is 0 Å². The van der Waals surface area contributed by atoms with Crippen molar-refractivity contribution in [2.75, 3.05) is 0 Å². The maximum absolute atomic E-state index is 12.4. The molecule has 0 spiro atoms. The van der Waals surface area contributed by atoms with E-state index in [2.05, 4.69) is 10.6 Å². The summed E-state index contributed by atoms with van der Waals surface area (Å²) in [5.41, 5.74) is 0.551. The Hall–Kier alpha value is -0.840. The largest absolute Gasteiger partial charge is 0.357 e. The van der Waals surface area contributed by atoms with Crippen molar-refractivity contribution in [3.8, 4) is 0 Å². The van der Waals surface area contributed by atoms with Crippen molar-refractivity contribution >= 4 is 46.4 Å². The van der Waals surface area contributed by atoms with Crippen LogP contribution in [0.4, 0.5) is 0 Å². The molecule has 4 aliphatic carbocycles. The summed E-state index contributed by atoms with van der Waals surface area (Å²) >= 11 is 17.3. The fourth-order valence-electron chi connectivity index (χ4n) is 5.35. The van der Waals surface area contributed by atoms with Gasteiger partial charge in [0.15, 0.2) is 5.11 Å². The van der Waals surface area contributed by atoms with Crippen molar-refractivity contribution < 1.29 is 4.79 Å². The summed E-state index contributed by atoms with van der Waals surface area (Å²) in [4.78, 5) is 12.4. The number of halogens is 2. The molecule has 4 aliphatic rings. The van der Waals surface area contributed by atoms with Crippen LogP contribution in [0, 0.1) is 17.8 Å². The topological polar surface area (TPSA) is 41.1 Å². The summed E-state index contributed by atoms with van der Waals surface area (Å²) in [7, 11) is 0. The second kappa shape index (κ2) is 6.15. The Morgan fingerprint density at radius 3 is 2.17 bits per heavy atom. The SMILES string of the molecule is O=C(NC(=S)NC12CC3CC(CC(C3)C1)C2)c1ccc(Cl)c(Cl)c1. The number of hydrogen-bond donors (Lipinski definition) is 2. The van der Waals surface area contributed by atoms with Gasteiger partial charge in [0.2, 0.25) is 0 Å². The van der Waals surface area contributed by atoms with Crippen molar-refractivity contribution in [1.29, 1.82) is 0 Å². The fourth-order valence-corrected chi connectivity index (χ4v) is 5.96. The minimum atomic E-state index is -0.254. The molecule has 0 aliphatic heterocycles. The van der Waals surface area contributed by atoms with E-state index in [9.17, 15) is 4.79 Å². The molecule has 1 amide bonds. The number of benzene rings is 1. The summed E-state index contributed by atoms with van der Waals surface area (Å²) in [6.45, 7) is 0. The number of hydrogen-bond acceptors (Lipinski definition) is 2. The number of carbonyl (C=O) groups is 1. The van der Waals surface area contributed by atoms with Gasteiger partial charge < -0.3 is 5.32 Å². The lowest BCUT2D eigenvalue weighted by atomic mass is 9.53. The molecule has 4 fully saturated rings. The lowest BCUT2D eigenvalue weighted by molar-refractivity contribution is -0.0101. The number of thiocarbonyl (C=S) groups is 1. The highest BCUT2D eigenvalue weighted by Gasteiger charge is 2.51. The summed E-state index contributed by atoms with van der Waals surface area (Å²) in [5.74, 6) is 2.24. The first-order chi connectivity index (χ1) is 11.4. The zero-order chi connectivity index (χ0) is 16.9. The monoisotopic (exact) mass is 382 g/mol. The smallest absolute Gasteiger partial charge is 0.257 e. The molecule has 6 heteroatoms. The summed E-state index contributed by atoms with van der Waals surface area (Å²) in [5, 5.41) is 7.51. The van der Waals surface area contributed by atoms with Crippen molar-refractivity contribution in [1.82, 2.24) is 10.6 Å². The Bertz CT molecular complexity index is 671. The number of nitrogens with one attached hydrogen (secondary N) is 2. The third-order valence-electron chi connectivity index (χ3n) is 5.83. The van der Waals surface area contributed by atoms with Crippen LogP contribution >= 0.6 is 35.4 Å². The van der Waals surface area contributed by atoms with Crippen LogP contribution in [0.2, 0.25) is 10.0 Å². The van der Waals surface area contributed by atoms with Gasteiger partial charge >= 0.3 is 0 Å². The van der Waals surface area contributed by atoms with Gasteiger partial charge in [-0.25, -0.2) is 0 Å². The van der Waals surface area contributed by atoms with Crippen LogP contribution in [0.15, 0.2) is 18.2 Å². The Labute approximate surface area is 157 Å². The minimum Gasteiger partial charge on any atom is -0.357 e. The summed E-state index contributed by atoms with van der Waals surface area (Å²) in [6, 6.07) is 4.83. The molecule has 0 heterocycles. The van der Waals surface area contributed by atoms with Gasteiger partial charge in [-0.05, 0) is 86.7 Å². The van der Waals surface area contributed by atoms with Gasteiger partial charge in [-0.1, -0.05) is 23.2 Å². The van der Waals surface area contributed by atoms with E-state index in [0.29, 0.717) is 20.7 Å². The van der Waals surface area contributed by atoms with Crippen LogP contribution in [-0.2, 0) is 0 Å². The van der Waals surface area contributed by atoms with Gasteiger partial charge in [0, 0.05) is 11.1 Å². The molecular weight excluding hydrogens is 363 g/mol. The van der Waals surface area contributed by atoms with Gasteiger partial charge in [0.25, 0.3) is 5.91 Å². The highest BCUT2D eigenvalue weighted by atomic mass is 35.5. The Kier molecular flexibility index (Phi) is 4.26. The molecule has 128 valence electrons. The second-order valence-corrected chi connectivity index (χ2v) is 8.96. The van der Waals surface area contributed by atoms with Gasteiger partial charge in [-0.2, -0.15) is 0 Å². The molecule has 3 nitrogen and oxygen atoms in total. The average molecular weight is 383 g/mol. The highest BCUT2D eigenvalue weighted by molar-refractivity contribution is 7.80. The van der Waals surface area contributed by atoms with Crippen LogP contribution in [0.25, 0.3) is 0 Å². The Balaban J connectivity index is 1.41. The molecule has 24 heavy (non-hydrogen) atoms. The van der Waals surface area contributed by atoms with Crippen molar-refractivity contribution in [2.24, 2.45) is 17.8 Å². The molecule has 0 unspecified atom stereocenters. The second-order valence-electron chi connectivity index (χ2n) is 7.74. The summed E-state index contributed by atoms with van der Waals surface area (Å²) in [6.07, 6.45) is 7.68. The highest BCUT2D eigenvalue weighted by Crippen LogP contribution is 2.55. The van der Waals surface area contributed by atoms with Gasteiger partial charge in [-0.15, -0.1) is 0 Å². The minimum absolute atomic E-state index is 0.0940. The lowest BCUT2D eigenvalue weighted by Gasteiger charge is -2.57. The molecule has 0 atom stereocenters. The first kappa shape index (κ1) is 16.6. The standard InChI is InChI=1S/C18H20Cl2N2OS/c19-14-2-1-13(6-15(14)20)16(23)21-17(24)22-18-7-10-3-11(8-18)5-12(4-10)9-18/h1-2,6,10-12H,3-5,7-9H2,(H2,21,22,23,24). The molecule has 0 saturated heterocycles. The number of rotatable bonds is 2. The van der Waals surface area contributed by atoms with Crippen molar-refractivity contribution in [3.63, 3.8) is 0 Å². The maximum atomic E-state index is 12.4. The quantitative estimate of drug-likeness (QED) is 0.736. The van der Waals surface area contributed by atoms with E-state index >= 15 is 0 Å². The number of carbonyl (C=O) groups excluding carboxylic acids is 1. The van der Waals surface area contributed by atoms with Gasteiger partial charge in [0.1, 0.15) is 0 Å². The van der Waals surface area contributed by atoms with Gasteiger partial charge in [-0.3, -0.25) is 10.1 Å². The fraction of sp³-hybridized carbons (Fsp3) is 0.556. The van der Waals surface area contributed by atoms with E-state index in [0.717, 1.165) is 17.8 Å². The van der Waals surface area contributed by atoms with Crippen LogP contribution < -0.4 is 10.6 Å². The predicted octanol–water partition coefficient (Wildman–Crippen LogP) is 4.57. The molecular formula is C18H20Cl2N2OS.